The summed E-state index contributed by atoms with van der Waals surface area (Å²) in [4.78, 5) is 27.1. The summed E-state index contributed by atoms with van der Waals surface area (Å²) in [5, 5.41) is 10.9. The molecule has 1 saturated heterocycles. The van der Waals surface area contributed by atoms with Crippen molar-refractivity contribution in [2.75, 3.05) is 0 Å². The molecule has 1 aromatic carbocycles. The average Bonchev–Trinajstić information content (AvgIpc) is 3.43. The monoisotopic (exact) mass is 477 g/mol. The van der Waals surface area contributed by atoms with Gasteiger partial charge >= 0.3 is 0 Å². The molecule has 2 fully saturated rings. The number of allylic oxidation sites excluding steroid dienone is 1. The predicted molar refractivity (Wildman–Crippen MR) is 133 cm³/mol. The molecule has 1 aromatic heterocycles. The fraction of sp³-hybridized carbons (Fsp3) is 0.519. The maximum absolute atomic E-state index is 13.0. The van der Waals surface area contributed by atoms with Gasteiger partial charge in [0, 0.05) is 48.2 Å². The van der Waals surface area contributed by atoms with E-state index >= 15 is 0 Å². The zero-order valence-corrected chi connectivity index (χ0v) is 20.6. The third-order valence-corrected chi connectivity index (χ3v) is 7.35. The van der Waals surface area contributed by atoms with Crippen LogP contribution in [0.5, 0.6) is 5.75 Å². The van der Waals surface area contributed by atoms with Crippen molar-refractivity contribution in [3.8, 4) is 5.75 Å². The number of hydrogen-bond acceptors (Lipinski definition) is 5. The summed E-state index contributed by atoms with van der Waals surface area (Å²) in [7, 11) is 0. The van der Waals surface area contributed by atoms with Crippen LogP contribution in [0.15, 0.2) is 42.9 Å². The largest absolute Gasteiger partial charge is 0.489 e. The lowest BCUT2D eigenvalue weighted by atomic mass is 9.92. The summed E-state index contributed by atoms with van der Waals surface area (Å²) in [5.74, 6) is 0.554. The average molecular weight is 478 g/mol. The van der Waals surface area contributed by atoms with E-state index in [2.05, 4.69) is 42.4 Å². The lowest BCUT2D eigenvalue weighted by Crippen LogP contribution is -2.49. The van der Waals surface area contributed by atoms with Gasteiger partial charge in [-0.05, 0) is 69.7 Å². The molecule has 0 spiro atoms. The van der Waals surface area contributed by atoms with Crippen molar-refractivity contribution < 1.29 is 14.3 Å². The number of carbonyl (C=O) groups excluding carboxylic acids is 2. The minimum Gasteiger partial charge on any atom is -0.489 e. The first kappa shape index (κ1) is 23.6. The Morgan fingerprint density at radius 2 is 2.06 bits per heavy atom. The van der Waals surface area contributed by atoms with E-state index in [1.165, 1.54) is 12.0 Å². The molecule has 186 valence electrons. The Labute approximate surface area is 206 Å². The topological polar surface area (TPSA) is 88.5 Å². The molecule has 0 bridgehead atoms. The van der Waals surface area contributed by atoms with Crippen molar-refractivity contribution in [3.05, 3.63) is 59.6 Å². The van der Waals surface area contributed by atoms with E-state index in [9.17, 15) is 9.59 Å². The first-order valence-corrected chi connectivity index (χ1v) is 12.7. The van der Waals surface area contributed by atoms with Gasteiger partial charge in [-0.15, -0.1) is 0 Å². The number of rotatable bonds is 7. The molecule has 3 atom stereocenters. The third-order valence-electron chi connectivity index (χ3n) is 7.35. The number of hydrogen-bond donors (Lipinski definition) is 2. The highest BCUT2D eigenvalue weighted by atomic mass is 16.5. The Hall–Kier alpha value is -3.13. The number of piperidine rings is 1. The second-order valence-electron chi connectivity index (χ2n) is 10.2. The van der Waals surface area contributed by atoms with Crippen LogP contribution < -0.4 is 15.4 Å². The number of fused-ring (bicyclic) bond motifs is 1. The number of benzene rings is 1. The highest BCUT2D eigenvalue weighted by molar-refractivity contribution is 6.01. The van der Waals surface area contributed by atoms with Crippen LogP contribution in [0.4, 0.5) is 0 Å². The Bertz CT molecular complexity index is 1120. The van der Waals surface area contributed by atoms with Crippen molar-refractivity contribution in [1.82, 2.24) is 25.3 Å². The van der Waals surface area contributed by atoms with Gasteiger partial charge in [-0.25, -0.2) is 0 Å². The fourth-order valence-corrected chi connectivity index (χ4v) is 5.35. The third kappa shape index (κ3) is 4.98. The summed E-state index contributed by atoms with van der Waals surface area (Å²) in [5.41, 5.74) is 3.48. The standard InChI is InChI=1S/C27H35N5O3/c1-17(2)32-15-19(14-29-32)13-28-23-6-4-5-7-25(23)35-21-9-10-22-20(12-21)16-31(27(22)34)24-11-8-18(3)30-26(24)33/h9-10,12,14-15,17,23-25,28H,3-8,11,13,16H2,1-2H3,(H,30,33)/t23-,24?,25-/m1/s1. The molecular formula is C27H35N5O3. The fourth-order valence-electron chi connectivity index (χ4n) is 5.35. The molecule has 1 saturated carbocycles. The summed E-state index contributed by atoms with van der Waals surface area (Å²) in [6, 6.07) is 5.88. The van der Waals surface area contributed by atoms with Crippen molar-refractivity contribution in [1.29, 1.82) is 0 Å². The highest BCUT2D eigenvalue weighted by Gasteiger charge is 2.38. The van der Waals surface area contributed by atoms with Crippen LogP contribution in [0.2, 0.25) is 0 Å². The van der Waals surface area contributed by atoms with Crippen LogP contribution in [0.1, 0.15) is 79.9 Å². The van der Waals surface area contributed by atoms with Gasteiger partial charge in [-0.2, -0.15) is 5.10 Å². The van der Waals surface area contributed by atoms with E-state index in [-0.39, 0.29) is 24.0 Å². The Morgan fingerprint density at radius 1 is 1.23 bits per heavy atom. The molecular weight excluding hydrogens is 442 g/mol. The van der Waals surface area contributed by atoms with Crippen LogP contribution in [-0.4, -0.2) is 44.7 Å². The number of nitrogens with zero attached hydrogens (tertiary/aromatic N) is 3. The van der Waals surface area contributed by atoms with Gasteiger partial charge < -0.3 is 20.3 Å². The Kier molecular flexibility index (Phi) is 6.65. The molecule has 8 heteroatoms. The number of nitrogens with one attached hydrogen (secondary N) is 2. The molecule has 5 rings (SSSR count). The van der Waals surface area contributed by atoms with Crippen molar-refractivity contribution in [3.63, 3.8) is 0 Å². The second-order valence-corrected chi connectivity index (χ2v) is 10.2. The molecule has 1 aliphatic carbocycles. The summed E-state index contributed by atoms with van der Waals surface area (Å²) >= 11 is 0. The van der Waals surface area contributed by atoms with E-state index in [0.717, 1.165) is 42.8 Å². The molecule has 3 aliphatic rings. The highest BCUT2D eigenvalue weighted by Crippen LogP contribution is 2.32. The normalized spacial score (nSPS) is 24.6. The second kappa shape index (κ2) is 9.85. The van der Waals surface area contributed by atoms with Gasteiger partial charge in [-0.1, -0.05) is 13.0 Å². The zero-order chi connectivity index (χ0) is 24.5. The van der Waals surface area contributed by atoms with Crippen molar-refractivity contribution >= 4 is 11.8 Å². The molecule has 1 unspecified atom stereocenters. The molecule has 35 heavy (non-hydrogen) atoms. The molecule has 2 N–H and O–H groups in total. The van der Waals surface area contributed by atoms with Gasteiger partial charge in [0.25, 0.3) is 5.91 Å². The van der Waals surface area contributed by atoms with Crippen LogP contribution in [0, 0.1) is 0 Å². The Balaban J connectivity index is 1.23. The smallest absolute Gasteiger partial charge is 0.255 e. The summed E-state index contributed by atoms with van der Waals surface area (Å²) in [6.07, 6.45) is 9.81. The molecule has 2 aromatic rings. The zero-order valence-electron chi connectivity index (χ0n) is 20.6. The molecule has 2 aliphatic heterocycles. The quantitative estimate of drug-likeness (QED) is 0.635. The van der Waals surface area contributed by atoms with Gasteiger partial charge in [0.2, 0.25) is 5.91 Å². The number of carbonyl (C=O) groups is 2. The minimum absolute atomic E-state index is 0.0743. The number of ether oxygens (including phenoxy) is 1. The SMILES string of the molecule is C=C1CCC(N2Cc3cc(O[C@@H]4CCCC[C@H]4NCc4cnn(C(C)C)c4)ccc3C2=O)C(=O)N1. The number of amides is 2. The minimum atomic E-state index is -0.447. The molecule has 8 nitrogen and oxygen atoms in total. The lowest BCUT2D eigenvalue weighted by Gasteiger charge is -2.32. The summed E-state index contributed by atoms with van der Waals surface area (Å²) < 4.78 is 8.45. The first-order chi connectivity index (χ1) is 16.9. The maximum atomic E-state index is 13.0. The summed E-state index contributed by atoms with van der Waals surface area (Å²) in [6.45, 7) is 9.28. The number of aromatic nitrogens is 2. The lowest BCUT2D eigenvalue weighted by molar-refractivity contribution is -0.126. The molecule has 3 heterocycles. The Morgan fingerprint density at radius 3 is 2.83 bits per heavy atom. The maximum Gasteiger partial charge on any atom is 0.255 e. The van der Waals surface area contributed by atoms with E-state index in [1.807, 2.05) is 29.1 Å². The van der Waals surface area contributed by atoms with Gasteiger partial charge in [0.05, 0.1) is 6.20 Å². The van der Waals surface area contributed by atoms with Gasteiger partial charge in [0.1, 0.15) is 17.9 Å². The molecule has 2 amide bonds. The van der Waals surface area contributed by atoms with Gasteiger partial charge in [-0.3, -0.25) is 14.3 Å². The van der Waals surface area contributed by atoms with Crippen molar-refractivity contribution in [2.45, 2.75) is 89.7 Å². The first-order valence-electron chi connectivity index (χ1n) is 12.7. The van der Waals surface area contributed by atoms with Gasteiger partial charge in [0.15, 0.2) is 0 Å². The van der Waals surface area contributed by atoms with Crippen LogP contribution in [0.3, 0.4) is 0 Å². The predicted octanol–water partition coefficient (Wildman–Crippen LogP) is 3.69. The van der Waals surface area contributed by atoms with Crippen LogP contribution >= 0.6 is 0 Å². The van der Waals surface area contributed by atoms with Crippen LogP contribution in [0.25, 0.3) is 0 Å². The van der Waals surface area contributed by atoms with Crippen LogP contribution in [-0.2, 0) is 17.9 Å². The van der Waals surface area contributed by atoms with E-state index in [0.29, 0.717) is 31.0 Å². The van der Waals surface area contributed by atoms with Crippen molar-refractivity contribution in [2.24, 2.45) is 0 Å². The van der Waals surface area contributed by atoms with E-state index < -0.39 is 6.04 Å². The van der Waals surface area contributed by atoms with E-state index in [4.69, 9.17) is 4.74 Å². The van der Waals surface area contributed by atoms with E-state index in [1.54, 1.807) is 4.90 Å². The molecule has 0 radical (unpaired) electrons.